The van der Waals surface area contributed by atoms with Crippen LogP contribution in [0.1, 0.15) is 12.5 Å². The Morgan fingerprint density at radius 3 is 2.68 bits per heavy atom. The zero-order valence-electron chi connectivity index (χ0n) is 13.2. The van der Waals surface area contributed by atoms with Gasteiger partial charge in [0, 0.05) is 15.1 Å². The maximum absolute atomic E-state index is 12.8. The molecule has 0 atom stereocenters. The van der Waals surface area contributed by atoms with Crippen molar-refractivity contribution in [3.63, 3.8) is 0 Å². The summed E-state index contributed by atoms with van der Waals surface area (Å²) in [5.41, 5.74) is 1.50. The molecular weight excluding hydrogens is 442 g/mol. The summed E-state index contributed by atoms with van der Waals surface area (Å²) in [5.74, 6) is 0.528. The lowest BCUT2D eigenvalue weighted by Crippen LogP contribution is -2.27. The van der Waals surface area contributed by atoms with Gasteiger partial charge in [-0.1, -0.05) is 51.5 Å². The van der Waals surface area contributed by atoms with E-state index >= 15 is 0 Å². The summed E-state index contributed by atoms with van der Waals surface area (Å²) in [4.78, 5) is 14.9. The van der Waals surface area contributed by atoms with Gasteiger partial charge in [0.2, 0.25) is 0 Å². The number of amides is 1. The number of ether oxygens (including phenoxy) is 1. The number of carbonyl (C=O) groups excluding carboxylic acids is 1. The van der Waals surface area contributed by atoms with Crippen molar-refractivity contribution in [3.8, 4) is 5.75 Å². The lowest BCUT2D eigenvalue weighted by atomic mass is 10.2. The average molecular weight is 455 g/mol. The van der Waals surface area contributed by atoms with E-state index in [0.29, 0.717) is 26.6 Å². The van der Waals surface area contributed by atoms with Crippen molar-refractivity contribution in [1.29, 1.82) is 0 Å². The summed E-state index contributed by atoms with van der Waals surface area (Å²) in [6.45, 7) is 2.44. The molecule has 1 fully saturated rings. The SMILES string of the molecule is CCOc1ccc(Cl)cc1/C=C1\SC(=S)N(c2ccc(Br)cc2)C1=O. The highest BCUT2D eigenvalue weighted by Crippen LogP contribution is 2.37. The number of hydrogen-bond acceptors (Lipinski definition) is 4. The average Bonchev–Trinajstić information content (AvgIpc) is 2.85. The van der Waals surface area contributed by atoms with Gasteiger partial charge >= 0.3 is 0 Å². The van der Waals surface area contributed by atoms with Crippen LogP contribution in [0.15, 0.2) is 51.8 Å². The molecule has 1 amide bonds. The van der Waals surface area contributed by atoms with Crippen LogP contribution in [-0.2, 0) is 4.79 Å². The molecule has 0 radical (unpaired) electrons. The number of anilines is 1. The normalized spacial score (nSPS) is 16.0. The molecule has 0 N–H and O–H groups in total. The summed E-state index contributed by atoms with van der Waals surface area (Å²) < 4.78 is 7.05. The predicted molar refractivity (Wildman–Crippen MR) is 112 cm³/mol. The van der Waals surface area contributed by atoms with E-state index in [-0.39, 0.29) is 5.91 Å². The Morgan fingerprint density at radius 1 is 1.28 bits per heavy atom. The van der Waals surface area contributed by atoms with Gasteiger partial charge in [-0.15, -0.1) is 0 Å². The summed E-state index contributed by atoms with van der Waals surface area (Å²) in [6, 6.07) is 12.8. The van der Waals surface area contributed by atoms with Gasteiger partial charge in [-0.3, -0.25) is 9.69 Å². The van der Waals surface area contributed by atoms with E-state index < -0.39 is 0 Å². The van der Waals surface area contributed by atoms with Gasteiger partial charge in [0.1, 0.15) is 5.75 Å². The third-order valence-electron chi connectivity index (χ3n) is 3.44. The van der Waals surface area contributed by atoms with Crippen molar-refractivity contribution < 1.29 is 9.53 Å². The van der Waals surface area contributed by atoms with Crippen LogP contribution < -0.4 is 9.64 Å². The van der Waals surface area contributed by atoms with Gasteiger partial charge in [-0.2, -0.15) is 0 Å². The highest BCUT2D eigenvalue weighted by Gasteiger charge is 2.33. The van der Waals surface area contributed by atoms with Gasteiger partial charge in [0.05, 0.1) is 17.2 Å². The Morgan fingerprint density at radius 2 is 2.00 bits per heavy atom. The number of halogens is 2. The van der Waals surface area contributed by atoms with Crippen LogP contribution in [-0.4, -0.2) is 16.8 Å². The number of thiocarbonyl (C=S) groups is 1. The van der Waals surface area contributed by atoms with E-state index in [1.807, 2.05) is 31.2 Å². The maximum Gasteiger partial charge on any atom is 0.270 e. The summed E-state index contributed by atoms with van der Waals surface area (Å²) in [7, 11) is 0. The van der Waals surface area contributed by atoms with Gasteiger partial charge in [0.15, 0.2) is 4.32 Å². The third-order valence-corrected chi connectivity index (χ3v) is 5.50. The van der Waals surface area contributed by atoms with Crippen molar-refractivity contribution in [2.24, 2.45) is 0 Å². The highest BCUT2D eigenvalue weighted by atomic mass is 79.9. The fourth-order valence-corrected chi connectivity index (χ4v) is 4.08. The zero-order valence-corrected chi connectivity index (χ0v) is 17.1. The third kappa shape index (κ3) is 4.08. The van der Waals surface area contributed by atoms with Crippen LogP contribution >= 0.6 is 51.5 Å². The number of nitrogens with zero attached hydrogens (tertiary/aromatic N) is 1. The number of benzene rings is 2. The van der Waals surface area contributed by atoms with Crippen molar-refractivity contribution in [3.05, 3.63) is 62.4 Å². The fourth-order valence-electron chi connectivity index (χ4n) is 2.34. The molecule has 2 aromatic rings. The number of rotatable bonds is 4. The van der Waals surface area contributed by atoms with Crippen LogP contribution in [0.5, 0.6) is 5.75 Å². The Bertz CT molecular complexity index is 868. The molecule has 1 saturated heterocycles. The van der Waals surface area contributed by atoms with Crippen molar-refractivity contribution >= 4 is 73.5 Å². The summed E-state index contributed by atoms with van der Waals surface area (Å²) in [5, 5.41) is 0.582. The minimum atomic E-state index is -0.153. The Balaban J connectivity index is 1.96. The lowest BCUT2D eigenvalue weighted by molar-refractivity contribution is -0.113. The van der Waals surface area contributed by atoms with Gasteiger partial charge in [-0.25, -0.2) is 0 Å². The number of hydrogen-bond donors (Lipinski definition) is 0. The van der Waals surface area contributed by atoms with Crippen LogP contribution in [0.2, 0.25) is 5.02 Å². The molecule has 0 spiro atoms. The first kappa shape index (κ1) is 18.5. The summed E-state index contributed by atoms with van der Waals surface area (Å²) in [6.07, 6.45) is 1.77. The van der Waals surface area contributed by atoms with E-state index in [4.69, 9.17) is 28.6 Å². The first-order chi connectivity index (χ1) is 12.0. The minimum absolute atomic E-state index is 0.153. The first-order valence-corrected chi connectivity index (χ1v) is 9.85. The van der Waals surface area contributed by atoms with E-state index in [1.54, 1.807) is 24.3 Å². The minimum Gasteiger partial charge on any atom is -0.493 e. The smallest absolute Gasteiger partial charge is 0.270 e. The second-order valence-corrected chi connectivity index (χ2v) is 8.14. The van der Waals surface area contributed by atoms with Gasteiger partial charge in [-0.05, 0) is 55.5 Å². The van der Waals surface area contributed by atoms with Crippen molar-refractivity contribution in [2.75, 3.05) is 11.5 Å². The Kier molecular flexibility index (Phi) is 5.84. The molecule has 3 nitrogen and oxygen atoms in total. The molecule has 25 heavy (non-hydrogen) atoms. The monoisotopic (exact) mass is 453 g/mol. The van der Waals surface area contributed by atoms with Crippen LogP contribution in [0.25, 0.3) is 6.08 Å². The van der Waals surface area contributed by atoms with Gasteiger partial charge < -0.3 is 4.74 Å². The molecule has 0 unspecified atom stereocenters. The quantitative estimate of drug-likeness (QED) is 0.424. The molecule has 0 aromatic heterocycles. The maximum atomic E-state index is 12.8. The molecule has 3 rings (SSSR count). The second-order valence-electron chi connectivity index (χ2n) is 5.11. The zero-order chi connectivity index (χ0) is 18.0. The molecular formula is C18H13BrClNO2S2. The van der Waals surface area contributed by atoms with Gasteiger partial charge in [0.25, 0.3) is 5.91 Å². The van der Waals surface area contributed by atoms with Crippen LogP contribution in [0.3, 0.4) is 0 Å². The molecule has 1 heterocycles. The molecule has 0 bridgehead atoms. The van der Waals surface area contributed by atoms with Crippen molar-refractivity contribution in [1.82, 2.24) is 0 Å². The number of carbonyl (C=O) groups is 1. The molecule has 1 aliphatic rings. The van der Waals surface area contributed by atoms with Crippen molar-refractivity contribution in [2.45, 2.75) is 6.92 Å². The Labute approximate surface area is 169 Å². The molecule has 7 heteroatoms. The molecule has 1 aliphatic heterocycles. The highest BCUT2D eigenvalue weighted by molar-refractivity contribution is 9.10. The Hall–Kier alpha value is -1.34. The van der Waals surface area contributed by atoms with Crippen LogP contribution in [0, 0.1) is 0 Å². The second kappa shape index (κ2) is 7.91. The largest absolute Gasteiger partial charge is 0.493 e. The number of thioether (sulfide) groups is 1. The topological polar surface area (TPSA) is 29.5 Å². The lowest BCUT2D eigenvalue weighted by Gasteiger charge is -2.14. The van der Waals surface area contributed by atoms with E-state index in [2.05, 4.69) is 15.9 Å². The standard InChI is InChI=1S/C18H13BrClNO2S2/c1-2-23-15-8-5-13(20)9-11(15)10-16-17(22)21(18(24)25-16)14-6-3-12(19)4-7-14/h3-10H,2H2,1H3/b16-10-. The van der Waals surface area contributed by atoms with E-state index in [9.17, 15) is 4.79 Å². The predicted octanol–water partition coefficient (Wildman–Crippen LogP) is 5.91. The molecule has 0 saturated carbocycles. The fraction of sp³-hybridized carbons (Fsp3) is 0.111. The first-order valence-electron chi connectivity index (χ1n) is 7.45. The van der Waals surface area contributed by atoms with Crippen LogP contribution in [0.4, 0.5) is 5.69 Å². The molecule has 0 aliphatic carbocycles. The van der Waals surface area contributed by atoms with E-state index in [1.165, 1.54) is 16.7 Å². The molecule has 2 aromatic carbocycles. The summed E-state index contributed by atoms with van der Waals surface area (Å²) >= 11 is 16.1. The molecule has 128 valence electrons. The van der Waals surface area contributed by atoms with E-state index in [0.717, 1.165) is 15.7 Å².